The van der Waals surface area contributed by atoms with Gasteiger partial charge in [-0.2, -0.15) is 5.10 Å². The summed E-state index contributed by atoms with van der Waals surface area (Å²) < 4.78 is 1.45. The van der Waals surface area contributed by atoms with E-state index in [1.807, 2.05) is 0 Å². The van der Waals surface area contributed by atoms with Gasteiger partial charge in [0, 0.05) is 12.4 Å². The Bertz CT molecular complexity index is 163. The topological polar surface area (TPSA) is 58.3 Å². The van der Waals surface area contributed by atoms with Gasteiger partial charge in [-0.05, 0) is 6.07 Å². The number of hydrogen-bond donors (Lipinski definition) is 2. The van der Waals surface area contributed by atoms with E-state index in [9.17, 15) is 0 Å². The lowest BCUT2D eigenvalue weighted by molar-refractivity contribution is 0.387. The third-order valence-electron chi connectivity index (χ3n) is 0.910. The van der Waals surface area contributed by atoms with Gasteiger partial charge in [-0.25, -0.2) is 0 Å². The van der Waals surface area contributed by atoms with Crippen LogP contribution in [-0.2, 0) is 6.44 Å². The molecule has 0 fully saturated rings. The first-order valence-corrected chi connectivity index (χ1v) is 2.62. The molecule has 0 radical (unpaired) electrons. The molecule has 0 atom stereocenters. The van der Waals surface area contributed by atoms with Gasteiger partial charge in [-0.1, -0.05) is 0 Å². The number of nitrogens with zero attached hydrogens (tertiary/aromatic N) is 2. The average Bonchev–Trinajstić information content (AvgIpc) is 2.15. The lowest BCUT2D eigenvalue weighted by Gasteiger charge is -1.96. The van der Waals surface area contributed by atoms with Crippen LogP contribution in [0.4, 0.5) is 0 Å². The first-order chi connectivity index (χ1) is 4.29. The second kappa shape index (κ2) is 2.66. The van der Waals surface area contributed by atoms with Crippen LogP contribution >= 0.6 is 0 Å². The fourth-order valence-corrected chi connectivity index (χ4v) is 0.576. The van der Waals surface area contributed by atoms with E-state index in [0.29, 0.717) is 0 Å². The van der Waals surface area contributed by atoms with Gasteiger partial charge in [-0.15, -0.1) is 0 Å². The van der Waals surface area contributed by atoms with E-state index in [0.717, 1.165) is 0 Å². The highest BCUT2D eigenvalue weighted by atomic mass is 16.4. The van der Waals surface area contributed by atoms with Crippen molar-refractivity contribution in [2.75, 3.05) is 0 Å². The molecule has 48 valence electrons. The van der Waals surface area contributed by atoms with E-state index in [1.165, 1.54) is 4.68 Å². The molecule has 0 aliphatic rings. The molecule has 1 aromatic heterocycles. The Balaban J connectivity index is 2.48. The Morgan fingerprint density at radius 2 is 2.33 bits per heavy atom. The van der Waals surface area contributed by atoms with Crippen LogP contribution in [0.15, 0.2) is 18.5 Å². The SMILES string of the molecule is OB(O)Cn1cccn1. The van der Waals surface area contributed by atoms with Gasteiger partial charge in [0.15, 0.2) is 0 Å². The molecule has 4 nitrogen and oxygen atoms in total. The Morgan fingerprint density at radius 1 is 1.56 bits per heavy atom. The van der Waals surface area contributed by atoms with Gasteiger partial charge < -0.3 is 10.0 Å². The summed E-state index contributed by atoms with van der Waals surface area (Å²) in [5, 5.41) is 20.6. The van der Waals surface area contributed by atoms with Gasteiger partial charge in [0.25, 0.3) is 0 Å². The largest absolute Gasteiger partial charge is 0.474 e. The zero-order valence-corrected chi connectivity index (χ0v) is 4.81. The first-order valence-electron chi connectivity index (χ1n) is 2.62. The van der Waals surface area contributed by atoms with Gasteiger partial charge >= 0.3 is 7.12 Å². The van der Waals surface area contributed by atoms with Crippen LogP contribution in [0.25, 0.3) is 0 Å². The second-order valence-electron chi connectivity index (χ2n) is 1.71. The minimum absolute atomic E-state index is 0.132. The highest BCUT2D eigenvalue weighted by Crippen LogP contribution is 1.83. The smallest absolute Gasteiger partial charge is 0.426 e. The summed E-state index contributed by atoms with van der Waals surface area (Å²) in [5.41, 5.74) is 0. The lowest BCUT2D eigenvalue weighted by atomic mass is 9.93. The first kappa shape index (κ1) is 6.32. The molecule has 0 spiro atoms. The predicted molar refractivity (Wildman–Crippen MR) is 32.4 cm³/mol. The van der Waals surface area contributed by atoms with E-state index < -0.39 is 7.12 Å². The van der Waals surface area contributed by atoms with Gasteiger partial charge in [0.2, 0.25) is 0 Å². The molecule has 0 aliphatic heterocycles. The van der Waals surface area contributed by atoms with Crippen molar-refractivity contribution >= 4 is 7.12 Å². The summed E-state index contributed by atoms with van der Waals surface area (Å²) in [4.78, 5) is 0. The van der Waals surface area contributed by atoms with Gasteiger partial charge in [-0.3, -0.25) is 4.68 Å². The fraction of sp³-hybridized carbons (Fsp3) is 0.250. The maximum atomic E-state index is 8.42. The predicted octanol–water partition coefficient (Wildman–Crippen LogP) is -1.10. The van der Waals surface area contributed by atoms with Crippen LogP contribution in [0.2, 0.25) is 0 Å². The normalized spacial score (nSPS) is 9.56. The van der Waals surface area contributed by atoms with Crippen molar-refractivity contribution in [2.24, 2.45) is 0 Å². The molecule has 0 aromatic carbocycles. The van der Waals surface area contributed by atoms with E-state index >= 15 is 0 Å². The quantitative estimate of drug-likeness (QED) is 0.494. The van der Waals surface area contributed by atoms with Crippen molar-refractivity contribution in [2.45, 2.75) is 6.44 Å². The molecule has 1 aromatic rings. The van der Waals surface area contributed by atoms with Crippen LogP contribution in [0, 0.1) is 0 Å². The van der Waals surface area contributed by atoms with Crippen LogP contribution < -0.4 is 0 Å². The molecule has 5 heteroatoms. The number of rotatable bonds is 2. The summed E-state index contributed by atoms with van der Waals surface area (Å²) >= 11 is 0. The Labute approximate surface area is 52.9 Å². The van der Waals surface area contributed by atoms with Crippen LogP contribution in [-0.4, -0.2) is 26.9 Å². The van der Waals surface area contributed by atoms with Crippen molar-refractivity contribution in [3.05, 3.63) is 18.5 Å². The van der Waals surface area contributed by atoms with Crippen LogP contribution in [0.3, 0.4) is 0 Å². The lowest BCUT2D eigenvalue weighted by Crippen LogP contribution is -2.20. The molecule has 9 heavy (non-hydrogen) atoms. The Kier molecular flexibility index (Phi) is 1.86. The molecule has 2 N–H and O–H groups in total. The third kappa shape index (κ3) is 1.87. The monoisotopic (exact) mass is 126 g/mol. The maximum absolute atomic E-state index is 8.42. The molecule has 0 saturated carbocycles. The molecule has 0 saturated heterocycles. The van der Waals surface area contributed by atoms with E-state index in [4.69, 9.17) is 10.0 Å². The summed E-state index contributed by atoms with van der Waals surface area (Å²) in [5.74, 6) is 0. The summed E-state index contributed by atoms with van der Waals surface area (Å²) in [7, 11) is -1.31. The Hall–Kier alpha value is -0.805. The highest BCUT2D eigenvalue weighted by molar-refractivity contribution is 6.39. The zero-order chi connectivity index (χ0) is 6.69. The van der Waals surface area contributed by atoms with Crippen molar-refractivity contribution in [1.82, 2.24) is 9.78 Å². The van der Waals surface area contributed by atoms with Gasteiger partial charge in [0.1, 0.15) is 0 Å². The number of hydrogen-bond acceptors (Lipinski definition) is 3. The summed E-state index contributed by atoms with van der Waals surface area (Å²) in [6.07, 6.45) is 3.38. The van der Waals surface area contributed by atoms with Crippen molar-refractivity contribution in [3.8, 4) is 0 Å². The number of aromatic nitrogens is 2. The minimum Gasteiger partial charge on any atom is -0.426 e. The van der Waals surface area contributed by atoms with Crippen LogP contribution in [0.5, 0.6) is 0 Å². The molecule has 0 aliphatic carbocycles. The molecule has 0 bridgehead atoms. The minimum atomic E-state index is -1.31. The maximum Gasteiger partial charge on any atom is 0.474 e. The van der Waals surface area contributed by atoms with Crippen molar-refractivity contribution < 1.29 is 10.0 Å². The summed E-state index contributed by atoms with van der Waals surface area (Å²) in [6, 6.07) is 1.72. The van der Waals surface area contributed by atoms with Crippen molar-refractivity contribution in [3.63, 3.8) is 0 Å². The van der Waals surface area contributed by atoms with E-state index in [1.54, 1.807) is 18.5 Å². The standard InChI is InChI=1S/C4H7BN2O2/c8-5(9)4-7-3-1-2-6-7/h1-3,8-9H,4H2. The summed E-state index contributed by atoms with van der Waals surface area (Å²) in [6.45, 7) is 0. The molecule has 1 heterocycles. The van der Waals surface area contributed by atoms with Gasteiger partial charge in [0.05, 0.1) is 6.44 Å². The van der Waals surface area contributed by atoms with Crippen molar-refractivity contribution in [1.29, 1.82) is 0 Å². The molecular formula is C4H7BN2O2. The second-order valence-corrected chi connectivity index (χ2v) is 1.71. The van der Waals surface area contributed by atoms with E-state index in [2.05, 4.69) is 5.10 Å². The fourth-order valence-electron chi connectivity index (χ4n) is 0.576. The zero-order valence-electron chi connectivity index (χ0n) is 4.81. The molecule has 0 amide bonds. The highest BCUT2D eigenvalue weighted by Gasteiger charge is 2.05. The van der Waals surface area contributed by atoms with Crippen LogP contribution in [0.1, 0.15) is 0 Å². The third-order valence-corrected chi connectivity index (χ3v) is 0.910. The molecular weight excluding hydrogens is 119 g/mol. The molecule has 1 rings (SSSR count). The van der Waals surface area contributed by atoms with E-state index in [-0.39, 0.29) is 6.44 Å². The molecule has 0 unspecified atom stereocenters. The average molecular weight is 126 g/mol. The Morgan fingerprint density at radius 3 is 2.78 bits per heavy atom.